The van der Waals surface area contributed by atoms with Gasteiger partial charge in [-0.3, -0.25) is 11.3 Å². The molecule has 0 saturated heterocycles. The lowest BCUT2D eigenvalue weighted by Gasteiger charge is -2.23. The third-order valence-corrected chi connectivity index (χ3v) is 3.16. The van der Waals surface area contributed by atoms with Crippen molar-refractivity contribution in [2.75, 3.05) is 19.0 Å². The Morgan fingerprint density at radius 2 is 1.81 bits per heavy atom. The molecule has 0 aliphatic rings. The summed E-state index contributed by atoms with van der Waals surface area (Å²) in [5.41, 5.74) is 5.37. The molecule has 90 valence electrons. The van der Waals surface area contributed by atoms with E-state index in [2.05, 4.69) is 48.4 Å². The predicted octanol–water partition coefficient (Wildman–Crippen LogP) is 2.30. The molecule has 0 bridgehead atoms. The Balaban J connectivity index is 2.86. The first-order chi connectivity index (χ1) is 7.60. The fraction of sp³-hybridized carbons (Fsp3) is 0.538. The normalized spacial score (nSPS) is 14.6. The molecule has 0 fully saturated rings. The summed E-state index contributed by atoms with van der Waals surface area (Å²) in [5, 5.41) is 0. The molecule has 3 nitrogen and oxygen atoms in total. The molecule has 3 N–H and O–H groups in total. The van der Waals surface area contributed by atoms with E-state index in [0.717, 1.165) is 6.42 Å². The van der Waals surface area contributed by atoms with Crippen LogP contribution in [-0.4, -0.2) is 14.1 Å². The van der Waals surface area contributed by atoms with Gasteiger partial charge < -0.3 is 4.90 Å². The molecule has 1 aromatic carbocycles. The zero-order valence-electron chi connectivity index (χ0n) is 10.7. The summed E-state index contributed by atoms with van der Waals surface area (Å²) in [6.07, 6.45) is 1.12. The van der Waals surface area contributed by atoms with Crippen LogP contribution in [0.3, 0.4) is 0 Å². The summed E-state index contributed by atoms with van der Waals surface area (Å²) in [5.74, 6) is 6.16. The highest BCUT2D eigenvalue weighted by atomic mass is 15.2. The third kappa shape index (κ3) is 2.97. The van der Waals surface area contributed by atoms with Crippen LogP contribution >= 0.6 is 0 Å². The first kappa shape index (κ1) is 13.0. The zero-order chi connectivity index (χ0) is 12.1. The molecule has 0 aliphatic heterocycles. The van der Waals surface area contributed by atoms with Gasteiger partial charge in [0.15, 0.2) is 0 Å². The molecule has 1 rings (SSSR count). The molecule has 1 aromatic rings. The first-order valence-electron chi connectivity index (χ1n) is 5.83. The highest BCUT2D eigenvalue weighted by Crippen LogP contribution is 2.25. The molecule has 0 saturated carbocycles. The maximum absolute atomic E-state index is 5.62. The van der Waals surface area contributed by atoms with E-state index in [1.807, 2.05) is 14.1 Å². The van der Waals surface area contributed by atoms with Crippen molar-refractivity contribution in [3.63, 3.8) is 0 Å². The smallest absolute Gasteiger partial charge is 0.0485 e. The Morgan fingerprint density at radius 3 is 2.19 bits per heavy atom. The van der Waals surface area contributed by atoms with Gasteiger partial charge in [0.25, 0.3) is 0 Å². The largest absolute Gasteiger partial charge is 0.378 e. The van der Waals surface area contributed by atoms with Crippen LogP contribution in [0.15, 0.2) is 24.3 Å². The lowest BCUT2D eigenvalue weighted by atomic mass is 9.93. The van der Waals surface area contributed by atoms with Gasteiger partial charge in [-0.1, -0.05) is 32.4 Å². The van der Waals surface area contributed by atoms with Crippen LogP contribution in [0.25, 0.3) is 0 Å². The number of nitrogens with zero attached hydrogens (tertiary/aromatic N) is 1. The molecule has 2 unspecified atom stereocenters. The molecular formula is C13H23N3. The van der Waals surface area contributed by atoms with Gasteiger partial charge in [-0.25, -0.2) is 0 Å². The van der Waals surface area contributed by atoms with Gasteiger partial charge in [0.2, 0.25) is 0 Å². The van der Waals surface area contributed by atoms with Crippen molar-refractivity contribution in [2.45, 2.75) is 26.3 Å². The van der Waals surface area contributed by atoms with E-state index in [-0.39, 0.29) is 6.04 Å². The van der Waals surface area contributed by atoms with Crippen molar-refractivity contribution < 1.29 is 0 Å². The van der Waals surface area contributed by atoms with Crippen molar-refractivity contribution in [1.29, 1.82) is 0 Å². The molecule has 0 amide bonds. The monoisotopic (exact) mass is 221 g/mol. The van der Waals surface area contributed by atoms with Gasteiger partial charge in [0, 0.05) is 25.8 Å². The minimum absolute atomic E-state index is 0.237. The first-order valence-corrected chi connectivity index (χ1v) is 5.83. The average molecular weight is 221 g/mol. The third-order valence-electron chi connectivity index (χ3n) is 3.16. The Morgan fingerprint density at radius 1 is 1.25 bits per heavy atom. The Labute approximate surface area is 98.6 Å². The van der Waals surface area contributed by atoms with Gasteiger partial charge in [0.05, 0.1) is 0 Å². The summed E-state index contributed by atoms with van der Waals surface area (Å²) >= 11 is 0. The molecular weight excluding hydrogens is 198 g/mol. The number of anilines is 1. The molecule has 2 atom stereocenters. The van der Waals surface area contributed by atoms with Gasteiger partial charge in [0.1, 0.15) is 0 Å². The van der Waals surface area contributed by atoms with Crippen molar-refractivity contribution in [3.8, 4) is 0 Å². The fourth-order valence-electron chi connectivity index (χ4n) is 1.80. The van der Waals surface area contributed by atoms with E-state index in [0.29, 0.717) is 5.92 Å². The van der Waals surface area contributed by atoms with E-state index in [1.54, 1.807) is 0 Å². The number of hydrogen-bond acceptors (Lipinski definition) is 3. The second kappa shape index (κ2) is 5.87. The number of hydrazine groups is 1. The van der Waals surface area contributed by atoms with Crippen molar-refractivity contribution >= 4 is 5.69 Å². The van der Waals surface area contributed by atoms with E-state index in [9.17, 15) is 0 Å². The Hall–Kier alpha value is -1.06. The van der Waals surface area contributed by atoms with Gasteiger partial charge >= 0.3 is 0 Å². The molecule has 0 spiro atoms. The number of benzene rings is 1. The molecule has 0 aliphatic carbocycles. The Bertz CT molecular complexity index is 305. The van der Waals surface area contributed by atoms with Crippen molar-refractivity contribution in [3.05, 3.63) is 29.8 Å². The van der Waals surface area contributed by atoms with Crippen LogP contribution in [0.2, 0.25) is 0 Å². The minimum Gasteiger partial charge on any atom is -0.378 e. The van der Waals surface area contributed by atoms with E-state index >= 15 is 0 Å². The van der Waals surface area contributed by atoms with Crippen LogP contribution in [0.4, 0.5) is 5.69 Å². The highest BCUT2D eigenvalue weighted by molar-refractivity contribution is 5.46. The number of nitrogens with one attached hydrogen (secondary N) is 1. The molecule has 3 heteroatoms. The van der Waals surface area contributed by atoms with Gasteiger partial charge in [-0.15, -0.1) is 0 Å². The molecule has 0 heterocycles. The van der Waals surface area contributed by atoms with E-state index in [1.165, 1.54) is 11.3 Å². The number of hydrogen-bond donors (Lipinski definition) is 2. The maximum Gasteiger partial charge on any atom is 0.0485 e. The molecule has 0 radical (unpaired) electrons. The second-order valence-corrected chi connectivity index (χ2v) is 4.52. The summed E-state index contributed by atoms with van der Waals surface area (Å²) in [7, 11) is 4.09. The van der Waals surface area contributed by atoms with Crippen LogP contribution in [0.1, 0.15) is 31.9 Å². The van der Waals surface area contributed by atoms with Gasteiger partial charge in [-0.2, -0.15) is 0 Å². The average Bonchev–Trinajstić information content (AvgIpc) is 2.30. The number of nitrogens with two attached hydrogens (primary N) is 1. The summed E-state index contributed by atoms with van der Waals surface area (Å²) in [6.45, 7) is 4.40. The van der Waals surface area contributed by atoms with Crippen molar-refractivity contribution in [1.82, 2.24) is 5.43 Å². The Kier molecular flexibility index (Phi) is 4.77. The summed E-state index contributed by atoms with van der Waals surface area (Å²) < 4.78 is 0. The summed E-state index contributed by atoms with van der Waals surface area (Å²) in [4.78, 5) is 2.10. The van der Waals surface area contributed by atoms with Crippen LogP contribution in [0.5, 0.6) is 0 Å². The van der Waals surface area contributed by atoms with Crippen molar-refractivity contribution in [2.24, 2.45) is 11.8 Å². The fourth-order valence-corrected chi connectivity index (χ4v) is 1.80. The highest BCUT2D eigenvalue weighted by Gasteiger charge is 2.15. The minimum atomic E-state index is 0.237. The summed E-state index contributed by atoms with van der Waals surface area (Å²) in [6, 6.07) is 8.78. The van der Waals surface area contributed by atoms with Gasteiger partial charge in [-0.05, 0) is 23.6 Å². The van der Waals surface area contributed by atoms with Crippen LogP contribution in [0, 0.1) is 5.92 Å². The quantitative estimate of drug-likeness (QED) is 0.592. The van der Waals surface area contributed by atoms with E-state index < -0.39 is 0 Å². The van der Waals surface area contributed by atoms with Crippen LogP contribution < -0.4 is 16.2 Å². The lowest BCUT2D eigenvalue weighted by Crippen LogP contribution is -2.32. The van der Waals surface area contributed by atoms with E-state index in [4.69, 9.17) is 5.84 Å². The maximum atomic E-state index is 5.62. The SMILES string of the molecule is CCC(C)C(NN)c1ccc(N(C)C)cc1. The zero-order valence-corrected chi connectivity index (χ0v) is 10.7. The molecule has 16 heavy (non-hydrogen) atoms. The molecule has 0 aromatic heterocycles. The lowest BCUT2D eigenvalue weighted by molar-refractivity contribution is 0.383. The number of rotatable bonds is 5. The standard InChI is InChI=1S/C13H23N3/c1-5-10(2)13(15-14)11-6-8-12(9-7-11)16(3)4/h6-10,13,15H,5,14H2,1-4H3. The second-order valence-electron chi connectivity index (χ2n) is 4.52. The predicted molar refractivity (Wildman–Crippen MR) is 70.3 cm³/mol. The topological polar surface area (TPSA) is 41.3 Å². The van der Waals surface area contributed by atoms with Crippen LogP contribution in [-0.2, 0) is 0 Å².